The highest BCUT2D eigenvalue weighted by atomic mass is 32.1. The maximum absolute atomic E-state index is 12.8. The average Bonchev–Trinajstić information content (AvgIpc) is 3.34. The Morgan fingerprint density at radius 1 is 1.03 bits per heavy atom. The van der Waals surface area contributed by atoms with Gasteiger partial charge in [0.15, 0.2) is 11.6 Å². The number of benzene rings is 2. The molecule has 1 saturated carbocycles. The van der Waals surface area contributed by atoms with Crippen molar-refractivity contribution in [3.8, 4) is 11.4 Å². The third kappa shape index (κ3) is 4.28. The molecule has 2 N–H and O–H groups in total. The highest BCUT2D eigenvalue weighted by molar-refractivity contribution is 7.23. The van der Waals surface area contributed by atoms with E-state index in [1.54, 1.807) is 11.3 Å². The van der Waals surface area contributed by atoms with E-state index in [1.807, 2.05) is 22.7 Å². The molecule has 4 aromatic rings. The maximum atomic E-state index is 12.8. The average molecular weight is 474 g/mol. The van der Waals surface area contributed by atoms with Gasteiger partial charge in [-0.05, 0) is 81.9 Å². The molecule has 0 atom stereocenters. The fraction of sp³-hybridized carbons (Fsp3) is 0.444. The van der Waals surface area contributed by atoms with Gasteiger partial charge in [0.25, 0.3) is 0 Å². The van der Waals surface area contributed by atoms with E-state index in [0.29, 0.717) is 6.42 Å². The Morgan fingerprint density at radius 3 is 2.59 bits per heavy atom. The number of ketones is 1. The lowest BCUT2D eigenvalue weighted by Gasteiger charge is -2.26. The number of nitrogens with two attached hydrogens (primary N) is 1. The van der Waals surface area contributed by atoms with Gasteiger partial charge in [-0.1, -0.05) is 42.0 Å². The third-order valence-electron chi connectivity index (χ3n) is 7.37. The van der Waals surface area contributed by atoms with Crippen LogP contribution in [-0.4, -0.2) is 44.9 Å². The van der Waals surface area contributed by atoms with Crippen LogP contribution < -0.4 is 5.73 Å². The first-order valence-corrected chi connectivity index (χ1v) is 13.4. The lowest BCUT2D eigenvalue weighted by Crippen LogP contribution is -2.30. The van der Waals surface area contributed by atoms with Crippen LogP contribution in [0.2, 0.25) is 0 Å². The molecule has 2 aromatic heterocycles. The molecule has 2 fully saturated rings. The third-order valence-corrected chi connectivity index (χ3v) is 8.37. The van der Waals surface area contributed by atoms with Crippen molar-refractivity contribution in [1.29, 1.82) is 0 Å². The van der Waals surface area contributed by atoms with Crippen LogP contribution in [0.3, 0.4) is 0 Å². The summed E-state index contributed by atoms with van der Waals surface area (Å²) in [7, 11) is 0. The zero-order valence-electron chi connectivity index (χ0n) is 19.5. The van der Waals surface area contributed by atoms with Gasteiger partial charge in [-0.3, -0.25) is 4.79 Å². The monoisotopic (exact) mass is 473 g/mol. The molecule has 0 amide bonds. The number of hydrogen-bond donors (Lipinski definition) is 1. The molecule has 0 spiro atoms. The first-order chi connectivity index (χ1) is 16.6. The highest BCUT2D eigenvalue weighted by Crippen LogP contribution is 2.42. The van der Waals surface area contributed by atoms with Gasteiger partial charge in [-0.25, -0.2) is 4.52 Å². The molecule has 0 radical (unpaired) electrons. The first kappa shape index (κ1) is 21.9. The van der Waals surface area contributed by atoms with Crippen molar-refractivity contribution in [1.82, 2.24) is 19.5 Å². The molecule has 0 bridgehead atoms. The van der Waals surface area contributed by atoms with Crippen LogP contribution in [0.1, 0.15) is 67.3 Å². The van der Waals surface area contributed by atoms with Gasteiger partial charge < -0.3 is 10.6 Å². The Kier molecular flexibility index (Phi) is 5.71. The largest absolute Gasteiger partial charge is 0.321 e. The lowest BCUT2D eigenvalue weighted by molar-refractivity contribution is 0.0977. The van der Waals surface area contributed by atoms with Gasteiger partial charge in [0.1, 0.15) is 0 Å². The van der Waals surface area contributed by atoms with Crippen molar-refractivity contribution >= 4 is 32.3 Å². The number of piperidine rings is 1. The van der Waals surface area contributed by atoms with Crippen LogP contribution in [0.4, 0.5) is 0 Å². The van der Waals surface area contributed by atoms with Gasteiger partial charge in [-0.2, -0.15) is 4.98 Å². The fourth-order valence-electron chi connectivity index (χ4n) is 5.01. The second-order valence-electron chi connectivity index (χ2n) is 9.93. The number of hydrogen-bond acceptors (Lipinski definition) is 6. The van der Waals surface area contributed by atoms with Crippen LogP contribution in [-0.2, 0) is 5.54 Å². The van der Waals surface area contributed by atoms with Crippen LogP contribution in [0, 0.1) is 0 Å². The van der Waals surface area contributed by atoms with Crippen LogP contribution >= 0.6 is 11.3 Å². The summed E-state index contributed by atoms with van der Waals surface area (Å²) in [5.74, 6) is 0.948. The Hall–Kier alpha value is -2.61. The number of carbonyl (C=O) groups is 1. The minimum Gasteiger partial charge on any atom is -0.321 e. The lowest BCUT2D eigenvalue weighted by atomic mass is 10.0. The fourth-order valence-corrected chi connectivity index (χ4v) is 6.01. The summed E-state index contributed by atoms with van der Waals surface area (Å²) in [6, 6.07) is 14.3. The normalized spacial score (nSPS) is 18.0. The SMILES string of the molecule is NC1(c2ccc(-c3nc4sc5cc(C(=O)CCCCN6CCCCC6)ccc5n4n3)cc2)CC1. The molecule has 2 aromatic carbocycles. The summed E-state index contributed by atoms with van der Waals surface area (Å²) < 4.78 is 2.94. The molecular formula is C27H31N5OS. The van der Waals surface area contributed by atoms with E-state index in [1.165, 1.54) is 37.9 Å². The smallest absolute Gasteiger partial charge is 0.213 e. The highest BCUT2D eigenvalue weighted by Gasteiger charge is 2.39. The van der Waals surface area contributed by atoms with E-state index in [0.717, 1.165) is 64.4 Å². The predicted molar refractivity (Wildman–Crippen MR) is 137 cm³/mol. The number of likely N-dealkylation sites (tertiary alicyclic amines) is 1. The molecule has 6 nitrogen and oxygen atoms in total. The molecule has 1 aliphatic carbocycles. The Bertz CT molecular complexity index is 1330. The summed E-state index contributed by atoms with van der Waals surface area (Å²) in [5.41, 5.74) is 10.1. The molecule has 0 unspecified atom stereocenters. The van der Waals surface area contributed by atoms with E-state index < -0.39 is 0 Å². The maximum Gasteiger partial charge on any atom is 0.213 e. The Balaban J connectivity index is 1.13. The van der Waals surface area contributed by atoms with Crippen LogP contribution in [0.25, 0.3) is 26.6 Å². The van der Waals surface area contributed by atoms with E-state index in [4.69, 9.17) is 15.8 Å². The molecule has 34 heavy (non-hydrogen) atoms. The van der Waals surface area contributed by atoms with Gasteiger partial charge in [0, 0.05) is 23.1 Å². The summed E-state index contributed by atoms with van der Waals surface area (Å²) >= 11 is 1.58. The second-order valence-corrected chi connectivity index (χ2v) is 10.9. The second kappa shape index (κ2) is 8.87. The minimum atomic E-state index is -0.126. The molecule has 1 aliphatic heterocycles. The molecule has 2 aliphatic rings. The van der Waals surface area contributed by atoms with Crippen molar-refractivity contribution in [2.75, 3.05) is 19.6 Å². The number of rotatable bonds is 8. The van der Waals surface area contributed by atoms with E-state index in [2.05, 4.69) is 29.2 Å². The Labute approximate surface area is 203 Å². The number of fused-ring (bicyclic) bond motifs is 3. The van der Waals surface area contributed by atoms with E-state index in [-0.39, 0.29) is 11.3 Å². The summed E-state index contributed by atoms with van der Waals surface area (Å²) in [6.07, 6.45) is 8.78. The zero-order valence-corrected chi connectivity index (χ0v) is 20.3. The van der Waals surface area contributed by atoms with Crippen molar-refractivity contribution in [3.63, 3.8) is 0 Å². The predicted octanol–water partition coefficient (Wildman–Crippen LogP) is 5.40. The summed E-state index contributed by atoms with van der Waals surface area (Å²) in [6.45, 7) is 3.57. The number of aromatic nitrogens is 3. The number of nitrogens with zero attached hydrogens (tertiary/aromatic N) is 4. The molecule has 1 saturated heterocycles. The Morgan fingerprint density at radius 2 is 1.82 bits per heavy atom. The molecular weight excluding hydrogens is 442 g/mol. The van der Waals surface area contributed by atoms with Crippen molar-refractivity contribution < 1.29 is 4.79 Å². The summed E-state index contributed by atoms with van der Waals surface area (Å²) in [4.78, 5) is 20.9. The zero-order chi connectivity index (χ0) is 23.1. The number of carbonyl (C=O) groups excluding carboxylic acids is 1. The quantitative estimate of drug-likeness (QED) is 0.274. The minimum absolute atomic E-state index is 0.126. The molecule has 176 valence electrons. The number of Topliss-reactive ketones (excluding diaryl/α,β-unsaturated/α-hetero) is 1. The first-order valence-electron chi connectivity index (χ1n) is 12.5. The van der Waals surface area contributed by atoms with Crippen molar-refractivity contribution in [3.05, 3.63) is 53.6 Å². The molecule has 7 heteroatoms. The van der Waals surface area contributed by atoms with Gasteiger partial charge in [0.2, 0.25) is 4.96 Å². The van der Waals surface area contributed by atoms with Crippen molar-refractivity contribution in [2.45, 2.75) is 56.9 Å². The van der Waals surface area contributed by atoms with Gasteiger partial charge in [-0.15, -0.1) is 5.10 Å². The van der Waals surface area contributed by atoms with E-state index in [9.17, 15) is 4.79 Å². The molecule has 6 rings (SSSR count). The topological polar surface area (TPSA) is 76.5 Å². The van der Waals surface area contributed by atoms with Crippen LogP contribution in [0.5, 0.6) is 0 Å². The van der Waals surface area contributed by atoms with Gasteiger partial charge >= 0.3 is 0 Å². The number of unbranched alkanes of at least 4 members (excludes halogenated alkanes) is 1. The summed E-state index contributed by atoms with van der Waals surface area (Å²) in [5, 5.41) is 4.75. The standard InChI is InChI=1S/C27H31N5OS/c28-27(13-14-27)21-10-7-19(8-11-21)25-29-26-32(30-25)22-12-9-20(18-24(22)34-26)23(33)6-2-5-17-31-15-3-1-4-16-31/h7-12,18H,1-6,13-17,28H2. The number of thiazole rings is 1. The van der Waals surface area contributed by atoms with Crippen LogP contribution in [0.15, 0.2) is 42.5 Å². The van der Waals surface area contributed by atoms with Crippen molar-refractivity contribution in [2.24, 2.45) is 5.73 Å². The van der Waals surface area contributed by atoms with E-state index >= 15 is 0 Å². The van der Waals surface area contributed by atoms with Gasteiger partial charge in [0.05, 0.1) is 10.2 Å². The molecule has 3 heterocycles.